The van der Waals surface area contributed by atoms with Gasteiger partial charge in [0.2, 0.25) is 0 Å². The molecule has 0 N–H and O–H groups in total. The van der Waals surface area contributed by atoms with Gasteiger partial charge in [-0.2, -0.15) is 26.3 Å². The molecule has 13 heteroatoms. The molecule has 6 nitrogen and oxygen atoms in total. The minimum atomic E-state index is -5.01. The van der Waals surface area contributed by atoms with Gasteiger partial charge in [0, 0.05) is 5.02 Å². The molecule has 3 rings (SSSR count). The number of oxime groups is 1. The molecule has 1 aromatic heterocycles. The predicted molar refractivity (Wildman–Crippen MR) is 105 cm³/mol. The van der Waals surface area contributed by atoms with Gasteiger partial charge in [0.1, 0.15) is 11.4 Å². The second kappa shape index (κ2) is 8.85. The Morgan fingerprint density at radius 3 is 2.06 bits per heavy atom. The average molecular weight is 491 g/mol. The van der Waals surface area contributed by atoms with Crippen LogP contribution in [0.3, 0.4) is 0 Å². The summed E-state index contributed by atoms with van der Waals surface area (Å²) in [6, 6.07) is 6.80. The van der Waals surface area contributed by atoms with E-state index in [1.807, 2.05) is 0 Å². The first-order chi connectivity index (χ1) is 15.3. The maximum absolute atomic E-state index is 13.1. The van der Waals surface area contributed by atoms with E-state index < -0.39 is 35.1 Å². The van der Waals surface area contributed by atoms with Crippen molar-refractivity contribution in [2.24, 2.45) is 5.16 Å². The van der Waals surface area contributed by atoms with Crippen LogP contribution < -0.4 is 0 Å². The molecule has 0 aliphatic heterocycles. The maximum Gasteiger partial charge on any atom is 0.416 e. The van der Waals surface area contributed by atoms with Gasteiger partial charge in [-0.05, 0) is 56.3 Å². The average Bonchev–Trinajstić information content (AvgIpc) is 3.12. The molecule has 0 aliphatic rings. The van der Waals surface area contributed by atoms with Gasteiger partial charge in [0.25, 0.3) is 0 Å². The number of carbonyl (C=O) groups is 1. The van der Waals surface area contributed by atoms with Crippen LogP contribution in [0, 0.1) is 6.92 Å². The van der Waals surface area contributed by atoms with Gasteiger partial charge in [0.05, 0.1) is 28.1 Å². The molecule has 174 valence electrons. The zero-order valence-electron chi connectivity index (χ0n) is 16.8. The highest BCUT2D eigenvalue weighted by Gasteiger charge is 2.37. The van der Waals surface area contributed by atoms with Crippen LogP contribution in [0.1, 0.15) is 39.8 Å². The fourth-order valence-electron chi connectivity index (χ4n) is 2.76. The van der Waals surface area contributed by atoms with Crippen LogP contribution in [-0.4, -0.2) is 26.7 Å². The Morgan fingerprint density at radius 1 is 1.00 bits per heavy atom. The lowest BCUT2D eigenvalue weighted by Crippen LogP contribution is -2.13. The van der Waals surface area contributed by atoms with Crippen LogP contribution in [0.25, 0.3) is 5.69 Å². The normalized spacial score (nSPS) is 12.7. The summed E-state index contributed by atoms with van der Waals surface area (Å²) >= 11 is 5.74. The van der Waals surface area contributed by atoms with Crippen molar-refractivity contribution in [2.45, 2.75) is 26.2 Å². The van der Waals surface area contributed by atoms with E-state index in [4.69, 9.17) is 16.4 Å². The highest BCUT2D eigenvalue weighted by atomic mass is 35.5. The molecule has 0 aliphatic carbocycles. The molecule has 0 bridgehead atoms. The number of alkyl halides is 6. The zero-order chi connectivity index (χ0) is 24.6. The minimum absolute atomic E-state index is 0.00452. The lowest BCUT2D eigenvalue weighted by atomic mass is 10.1. The molecule has 0 spiro atoms. The first kappa shape index (κ1) is 24.2. The second-order valence-electron chi connectivity index (χ2n) is 6.76. The van der Waals surface area contributed by atoms with Crippen molar-refractivity contribution < 1.29 is 36.0 Å². The third-order valence-electron chi connectivity index (χ3n) is 4.40. The summed E-state index contributed by atoms with van der Waals surface area (Å²) < 4.78 is 79.6. The monoisotopic (exact) mass is 490 g/mol. The maximum atomic E-state index is 13.1. The van der Waals surface area contributed by atoms with E-state index >= 15 is 0 Å². The van der Waals surface area contributed by atoms with Gasteiger partial charge >= 0.3 is 18.3 Å². The highest BCUT2D eigenvalue weighted by molar-refractivity contribution is 6.30. The number of aromatic nitrogens is 3. The van der Waals surface area contributed by atoms with Crippen molar-refractivity contribution in [3.63, 3.8) is 0 Å². The third-order valence-corrected chi connectivity index (χ3v) is 4.65. The summed E-state index contributed by atoms with van der Waals surface area (Å²) in [5.74, 6) is -0.816. The molecule has 1 heterocycles. The van der Waals surface area contributed by atoms with Crippen molar-refractivity contribution in [1.29, 1.82) is 0 Å². The highest BCUT2D eigenvalue weighted by Crippen LogP contribution is 2.37. The van der Waals surface area contributed by atoms with Crippen LogP contribution >= 0.6 is 11.6 Å². The van der Waals surface area contributed by atoms with Crippen LogP contribution in [0.2, 0.25) is 5.02 Å². The van der Waals surface area contributed by atoms with Gasteiger partial charge in [0.15, 0.2) is 0 Å². The predicted octanol–water partition coefficient (Wildman–Crippen LogP) is 5.85. The Labute approximate surface area is 187 Å². The molecule has 0 unspecified atom stereocenters. The molecule has 2 aromatic carbocycles. The largest absolute Gasteiger partial charge is 0.416 e. The summed E-state index contributed by atoms with van der Waals surface area (Å²) in [6.07, 6.45) is -10.0. The zero-order valence-corrected chi connectivity index (χ0v) is 17.5. The minimum Gasteiger partial charge on any atom is -0.312 e. The van der Waals surface area contributed by atoms with Gasteiger partial charge in [-0.3, -0.25) is 0 Å². The topological polar surface area (TPSA) is 69.4 Å². The van der Waals surface area contributed by atoms with Crippen LogP contribution in [0.5, 0.6) is 0 Å². The molecule has 0 radical (unpaired) electrons. The van der Waals surface area contributed by atoms with E-state index in [0.29, 0.717) is 17.2 Å². The Morgan fingerprint density at radius 2 is 1.55 bits per heavy atom. The van der Waals surface area contributed by atoms with Gasteiger partial charge in [-0.15, -0.1) is 5.10 Å². The number of halogens is 7. The first-order valence-corrected chi connectivity index (χ1v) is 9.39. The standard InChI is InChI=1S/C20H13ClF6N4O2/c1-10(29-33-18(32)12-3-5-15(21)6-4-12)17-11(2)31(30-28-17)16-8-13(19(22,23)24)7-14(9-16)20(25,26)27/h3-9H,1-2H3/b29-10-. The van der Waals surface area contributed by atoms with E-state index in [9.17, 15) is 31.1 Å². The fourth-order valence-corrected chi connectivity index (χ4v) is 2.89. The first-order valence-electron chi connectivity index (χ1n) is 9.01. The van der Waals surface area contributed by atoms with Crippen LogP contribution in [-0.2, 0) is 17.2 Å². The Kier molecular flexibility index (Phi) is 6.50. The van der Waals surface area contributed by atoms with Crippen LogP contribution in [0.4, 0.5) is 26.3 Å². The summed E-state index contributed by atoms with van der Waals surface area (Å²) in [7, 11) is 0. The Balaban J connectivity index is 1.93. The van der Waals surface area contributed by atoms with Crippen molar-refractivity contribution in [2.75, 3.05) is 0 Å². The van der Waals surface area contributed by atoms with Crippen molar-refractivity contribution >= 4 is 23.3 Å². The van der Waals surface area contributed by atoms with E-state index in [0.717, 1.165) is 4.68 Å². The Hall–Kier alpha value is -3.41. The molecule has 0 saturated carbocycles. The van der Waals surface area contributed by atoms with Crippen molar-refractivity contribution in [1.82, 2.24) is 15.0 Å². The number of hydrogen-bond donors (Lipinski definition) is 0. The molecule has 33 heavy (non-hydrogen) atoms. The summed E-state index contributed by atoms with van der Waals surface area (Å²) in [5, 5.41) is 11.4. The molecule has 0 fully saturated rings. The smallest absolute Gasteiger partial charge is 0.312 e. The molecule has 0 amide bonds. The van der Waals surface area contributed by atoms with Gasteiger partial charge in [-0.1, -0.05) is 22.0 Å². The van der Waals surface area contributed by atoms with Crippen molar-refractivity contribution in [3.8, 4) is 5.69 Å². The quantitative estimate of drug-likeness (QED) is 0.199. The molecular weight excluding hydrogens is 478 g/mol. The Bertz CT molecular complexity index is 1180. The number of carbonyl (C=O) groups excluding carboxylic acids is 1. The van der Waals surface area contributed by atoms with E-state index in [1.54, 1.807) is 0 Å². The lowest BCUT2D eigenvalue weighted by molar-refractivity contribution is -0.143. The third kappa shape index (κ3) is 5.51. The van der Waals surface area contributed by atoms with E-state index in [1.165, 1.54) is 38.1 Å². The van der Waals surface area contributed by atoms with Gasteiger partial charge in [-0.25, -0.2) is 9.48 Å². The molecular formula is C20H13ClF6N4O2. The number of rotatable bonds is 4. The summed E-state index contributed by atoms with van der Waals surface area (Å²) in [6.45, 7) is 2.74. The van der Waals surface area contributed by atoms with Crippen LogP contribution in [0.15, 0.2) is 47.6 Å². The number of nitrogens with zero attached hydrogens (tertiary/aromatic N) is 4. The van der Waals surface area contributed by atoms with Gasteiger partial charge < -0.3 is 4.84 Å². The summed E-state index contributed by atoms with van der Waals surface area (Å²) in [4.78, 5) is 16.9. The molecule has 3 aromatic rings. The molecule has 0 atom stereocenters. The van der Waals surface area contributed by atoms with E-state index in [-0.39, 0.29) is 28.7 Å². The van der Waals surface area contributed by atoms with Crippen molar-refractivity contribution in [3.05, 3.63) is 75.6 Å². The fraction of sp³-hybridized carbons (Fsp3) is 0.200. The molecule has 0 saturated heterocycles. The number of hydrogen-bond acceptors (Lipinski definition) is 5. The second-order valence-corrected chi connectivity index (χ2v) is 7.20. The van der Waals surface area contributed by atoms with E-state index in [2.05, 4.69) is 15.5 Å². The lowest BCUT2D eigenvalue weighted by Gasteiger charge is -2.14. The summed E-state index contributed by atoms with van der Waals surface area (Å²) in [5.41, 5.74) is -3.24. The SMILES string of the molecule is C/C(=N/OC(=O)c1ccc(Cl)cc1)c1nnn(-c2cc(C(F)(F)F)cc(C(F)(F)F)c2)c1C. The number of benzene rings is 2.